The van der Waals surface area contributed by atoms with E-state index in [1.54, 1.807) is 7.05 Å². The third-order valence-corrected chi connectivity index (χ3v) is 3.98. The van der Waals surface area contributed by atoms with Crippen LogP contribution in [0.1, 0.15) is 22.8 Å². The Balaban J connectivity index is 1.48. The molecule has 0 fully saturated rings. The Morgan fingerprint density at radius 3 is 2.74 bits per heavy atom. The van der Waals surface area contributed by atoms with E-state index in [4.69, 9.17) is 9.26 Å². The van der Waals surface area contributed by atoms with Gasteiger partial charge in [-0.3, -0.25) is 4.79 Å². The van der Waals surface area contributed by atoms with Gasteiger partial charge in [0.15, 0.2) is 12.3 Å². The number of hydrogen-bond acceptors (Lipinski definition) is 8. The highest BCUT2D eigenvalue weighted by Gasteiger charge is 2.13. The van der Waals surface area contributed by atoms with Gasteiger partial charge in [0.25, 0.3) is 5.56 Å². The molecule has 10 heteroatoms. The summed E-state index contributed by atoms with van der Waals surface area (Å²) in [6.07, 6.45) is 1.46. The van der Waals surface area contributed by atoms with Crippen molar-refractivity contribution >= 4 is 11.0 Å². The molecule has 0 N–H and O–H groups in total. The Morgan fingerprint density at radius 2 is 1.96 bits per heavy atom. The largest absolute Gasteiger partial charge is 0.485 e. The molecule has 0 aliphatic rings. The van der Waals surface area contributed by atoms with Gasteiger partial charge in [0.05, 0.1) is 6.20 Å². The first kappa shape index (κ1) is 16.9. The summed E-state index contributed by atoms with van der Waals surface area (Å²) in [5.41, 5.74) is 2.33. The first-order valence-electron chi connectivity index (χ1n) is 8.27. The minimum atomic E-state index is -0.320. The molecule has 0 saturated carbocycles. The molecule has 3 aromatic heterocycles. The van der Waals surface area contributed by atoms with E-state index >= 15 is 0 Å². The van der Waals surface area contributed by atoms with Gasteiger partial charge >= 0.3 is 0 Å². The Hall–Kier alpha value is -3.56. The van der Waals surface area contributed by atoms with Gasteiger partial charge in [-0.05, 0) is 37.1 Å². The van der Waals surface area contributed by atoms with Crippen LogP contribution >= 0.6 is 0 Å². The number of benzene rings is 1. The number of fused-ring (bicyclic) bond motifs is 1. The zero-order valence-corrected chi connectivity index (χ0v) is 15.1. The number of ether oxygens (including phenoxy) is 1. The molecule has 0 bridgehead atoms. The molecule has 0 atom stereocenters. The molecule has 10 nitrogen and oxygen atoms in total. The van der Waals surface area contributed by atoms with E-state index in [-0.39, 0.29) is 24.6 Å². The number of nitrogens with zero attached hydrogens (tertiary/aromatic N) is 7. The Bertz CT molecular complexity index is 1150. The Kier molecular flexibility index (Phi) is 4.15. The zero-order chi connectivity index (χ0) is 19.0. The lowest BCUT2D eigenvalue weighted by atomic mass is 10.1. The summed E-state index contributed by atoms with van der Waals surface area (Å²) in [7, 11) is 1.70. The maximum Gasteiger partial charge on any atom is 0.281 e. The second-order valence-corrected chi connectivity index (χ2v) is 6.27. The summed E-state index contributed by atoms with van der Waals surface area (Å²) < 4.78 is 13.5. The third kappa shape index (κ3) is 3.41. The van der Waals surface area contributed by atoms with Crippen LogP contribution in [0.5, 0.6) is 5.75 Å². The van der Waals surface area contributed by atoms with E-state index < -0.39 is 0 Å². The summed E-state index contributed by atoms with van der Waals surface area (Å²) in [6, 6.07) is 5.94. The lowest BCUT2D eigenvalue weighted by Crippen LogP contribution is -2.24. The Morgan fingerprint density at radius 1 is 1.19 bits per heavy atom. The summed E-state index contributed by atoms with van der Waals surface area (Å²) >= 11 is 0. The van der Waals surface area contributed by atoms with Crippen molar-refractivity contribution in [1.29, 1.82) is 0 Å². The fourth-order valence-electron chi connectivity index (χ4n) is 2.79. The zero-order valence-electron chi connectivity index (χ0n) is 15.1. The molecule has 0 unspecified atom stereocenters. The van der Waals surface area contributed by atoms with Gasteiger partial charge in [-0.2, -0.15) is 10.1 Å². The van der Waals surface area contributed by atoms with Crippen LogP contribution in [0.4, 0.5) is 0 Å². The molecular formula is C17H17N7O3. The standard InChI is InChI=1S/C17H17N7O3/c1-10-4-11(2)6-12(5-10)26-9-14-19-15(27-21-14)8-24-17(25)13-7-18-23(3)16(13)20-22-24/h4-7H,8-9H2,1-3H3. The van der Waals surface area contributed by atoms with Crippen LogP contribution in [0.2, 0.25) is 0 Å². The van der Waals surface area contributed by atoms with Crippen molar-refractivity contribution < 1.29 is 9.26 Å². The fourth-order valence-corrected chi connectivity index (χ4v) is 2.79. The molecule has 0 amide bonds. The minimum absolute atomic E-state index is 0.0211. The van der Waals surface area contributed by atoms with Gasteiger partial charge in [0.1, 0.15) is 17.7 Å². The van der Waals surface area contributed by atoms with Crippen molar-refractivity contribution in [3.63, 3.8) is 0 Å². The van der Waals surface area contributed by atoms with Crippen molar-refractivity contribution in [2.75, 3.05) is 0 Å². The SMILES string of the molecule is Cc1cc(C)cc(OCc2noc(Cn3nnc4c(cnn4C)c3=O)n2)c1. The highest BCUT2D eigenvalue weighted by Crippen LogP contribution is 2.17. The number of aromatic nitrogens is 7. The second kappa shape index (κ2) is 6.63. The van der Waals surface area contributed by atoms with Crippen LogP contribution < -0.4 is 10.3 Å². The Labute approximate surface area is 153 Å². The molecule has 27 heavy (non-hydrogen) atoms. The highest BCUT2D eigenvalue weighted by atomic mass is 16.5. The monoisotopic (exact) mass is 367 g/mol. The summed E-state index contributed by atoms with van der Waals surface area (Å²) in [5, 5.41) is 16.2. The third-order valence-electron chi connectivity index (χ3n) is 3.98. The van der Waals surface area contributed by atoms with Gasteiger partial charge in [-0.15, -0.1) is 5.10 Å². The summed E-state index contributed by atoms with van der Waals surface area (Å²) in [5.74, 6) is 1.37. The molecule has 4 aromatic rings. The number of rotatable bonds is 5. The predicted octanol–water partition coefficient (Wildman–Crippen LogP) is 1.15. The molecule has 0 spiro atoms. The van der Waals surface area contributed by atoms with Crippen LogP contribution in [0.25, 0.3) is 11.0 Å². The van der Waals surface area contributed by atoms with E-state index in [0.717, 1.165) is 21.6 Å². The highest BCUT2D eigenvalue weighted by molar-refractivity contribution is 5.72. The van der Waals surface area contributed by atoms with E-state index in [9.17, 15) is 4.79 Å². The average molecular weight is 367 g/mol. The average Bonchev–Trinajstić information content (AvgIpc) is 3.22. The lowest BCUT2D eigenvalue weighted by molar-refractivity contribution is 0.284. The van der Waals surface area contributed by atoms with E-state index in [1.165, 1.54) is 10.9 Å². The van der Waals surface area contributed by atoms with E-state index in [1.807, 2.05) is 26.0 Å². The van der Waals surface area contributed by atoms with Gasteiger partial charge in [-0.1, -0.05) is 16.4 Å². The van der Waals surface area contributed by atoms with Gasteiger partial charge < -0.3 is 9.26 Å². The van der Waals surface area contributed by atoms with Gasteiger partial charge in [0.2, 0.25) is 11.7 Å². The smallest absolute Gasteiger partial charge is 0.281 e. The van der Waals surface area contributed by atoms with Crippen LogP contribution in [-0.2, 0) is 20.2 Å². The van der Waals surface area contributed by atoms with Crippen molar-refractivity contribution in [3.05, 3.63) is 57.6 Å². The molecule has 1 aromatic carbocycles. The number of aryl methyl sites for hydroxylation is 3. The fraction of sp³-hybridized carbons (Fsp3) is 0.294. The normalized spacial score (nSPS) is 11.2. The van der Waals surface area contributed by atoms with Crippen molar-refractivity contribution in [2.24, 2.45) is 7.05 Å². The van der Waals surface area contributed by atoms with Crippen LogP contribution in [-0.4, -0.2) is 34.9 Å². The molecule has 3 heterocycles. The molecule has 0 saturated heterocycles. The first-order valence-corrected chi connectivity index (χ1v) is 8.27. The van der Waals surface area contributed by atoms with Gasteiger partial charge in [0, 0.05) is 7.05 Å². The summed E-state index contributed by atoms with van der Waals surface area (Å²) in [4.78, 5) is 16.7. The summed E-state index contributed by atoms with van der Waals surface area (Å²) in [6.45, 7) is 4.19. The van der Waals surface area contributed by atoms with Gasteiger partial charge in [-0.25, -0.2) is 9.36 Å². The minimum Gasteiger partial charge on any atom is -0.485 e. The van der Waals surface area contributed by atoms with E-state index in [0.29, 0.717) is 16.9 Å². The maximum absolute atomic E-state index is 12.4. The molecular weight excluding hydrogens is 350 g/mol. The molecule has 138 valence electrons. The quantitative estimate of drug-likeness (QED) is 0.516. The maximum atomic E-state index is 12.4. The molecule has 0 aliphatic carbocycles. The topological polar surface area (TPSA) is 114 Å². The number of hydrogen-bond donors (Lipinski definition) is 0. The van der Waals surface area contributed by atoms with Crippen LogP contribution in [0.3, 0.4) is 0 Å². The van der Waals surface area contributed by atoms with Crippen LogP contribution in [0.15, 0.2) is 33.7 Å². The van der Waals surface area contributed by atoms with Crippen molar-refractivity contribution in [3.8, 4) is 5.75 Å². The molecule has 4 rings (SSSR count). The predicted molar refractivity (Wildman–Crippen MR) is 94.2 cm³/mol. The second-order valence-electron chi connectivity index (χ2n) is 6.27. The lowest BCUT2D eigenvalue weighted by Gasteiger charge is -2.05. The van der Waals surface area contributed by atoms with Crippen molar-refractivity contribution in [1.82, 2.24) is 34.9 Å². The molecule has 0 radical (unpaired) electrons. The molecule has 0 aliphatic heterocycles. The van der Waals surface area contributed by atoms with E-state index in [2.05, 4.69) is 31.6 Å². The first-order chi connectivity index (χ1) is 13.0. The van der Waals surface area contributed by atoms with Crippen LogP contribution in [0, 0.1) is 13.8 Å². The van der Waals surface area contributed by atoms with Crippen molar-refractivity contribution in [2.45, 2.75) is 27.0 Å².